The molecule has 0 fully saturated rings. The number of hydrogen-bond donors (Lipinski definition) is 0. The number of unbranched alkanes of at least 4 members (excludes halogenated alkanes) is 1. The third-order valence-corrected chi connectivity index (χ3v) is 3.66. The van der Waals surface area contributed by atoms with Crippen molar-refractivity contribution in [2.45, 2.75) is 39.2 Å². The van der Waals surface area contributed by atoms with Gasteiger partial charge >= 0.3 is 0 Å². The molecule has 4 heteroatoms. The molecule has 0 heterocycles. The third kappa shape index (κ3) is 5.20. The molecule has 0 saturated heterocycles. The minimum atomic E-state index is -0.185. The van der Waals surface area contributed by atoms with Gasteiger partial charge in [0, 0.05) is 12.2 Å². The molecular formula is C17H25N3O. The van der Waals surface area contributed by atoms with Gasteiger partial charge in [0.05, 0.1) is 18.5 Å². The van der Waals surface area contributed by atoms with Crippen LogP contribution in [0.4, 0.5) is 5.69 Å². The largest absolute Gasteiger partial charge is 0.310 e. The molecule has 0 aromatic heterocycles. The number of nitrogens with zero attached hydrogens (tertiary/aromatic N) is 3. The van der Waals surface area contributed by atoms with Gasteiger partial charge in [-0.1, -0.05) is 31.5 Å². The fourth-order valence-corrected chi connectivity index (χ4v) is 2.15. The fraction of sp³-hybridized carbons (Fsp3) is 0.529. The summed E-state index contributed by atoms with van der Waals surface area (Å²) in [6, 6.07) is 11.5. The van der Waals surface area contributed by atoms with Crippen molar-refractivity contribution < 1.29 is 4.79 Å². The topological polar surface area (TPSA) is 47.3 Å². The van der Waals surface area contributed by atoms with Gasteiger partial charge in [-0.05, 0) is 39.1 Å². The van der Waals surface area contributed by atoms with Gasteiger partial charge in [0.2, 0.25) is 5.91 Å². The van der Waals surface area contributed by atoms with Crippen molar-refractivity contribution in [2.24, 2.45) is 0 Å². The van der Waals surface area contributed by atoms with Crippen LogP contribution < -0.4 is 4.90 Å². The molecule has 1 aromatic carbocycles. The number of rotatable bonds is 8. The third-order valence-electron chi connectivity index (χ3n) is 3.66. The number of hydrogen-bond acceptors (Lipinski definition) is 3. The number of likely N-dealkylation sites (N-methyl/N-ethyl adjacent to an activating group) is 1. The predicted octanol–water partition coefficient (Wildman–Crippen LogP) is 3.05. The van der Waals surface area contributed by atoms with Gasteiger partial charge in [-0.2, -0.15) is 5.26 Å². The quantitative estimate of drug-likeness (QED) is 0.738. The monoisotopic (exact) mass is 287 g/mol. The first-order valence-electron chi connectivity index (χ1n) is 7.55. The van der Waals surface area contributed by atoms with Crippen LogP contribution in [-0.4, -0.2) is 37.0 Å². The van der Waals surface area contributed by atoms with Crippen molar-refractivity contribution in [3.05, 3.63) is 30.3 Å². The first kappa shape index (κ1) is 17.2. The molecule has 1 atom stereocenters. The second-order valence-electron chi connectivity index (χ2n) is 5.24. The van der Waals surface area contributed by atoms with Crippen LogP contribution in [0.3, 0.4) is 0 Å². The number of nitriles is 1. The standard InChI is InChI=1S/C17H25N3O/c1-4-5-13-19(3)15(2)17(21)20(14-9-12-18)16-10-7-6-8-11-16/h6-8,10-11,15H,4-5,9,13-14H2,1-3H3. The summed E-state index contributed by atoms with van der Waals surface area (Å²) >= 11 is 0. The van der Waals surface area contributed by atoms with E-state index in [9.17, 15) is 4.79 Å². The van der Waals surface area contributed by atoms with Crippen LogP contribution in [-0.2, 0) is 4.79 Å². The van der Waals surface area contributed by atoms with Crippen molar-refractivity contribution in [3.63, 3.8) is 0 Å². The summed E-state index contributed by atoms with van der Waals surface area (Å²) in [5.74, 6) is 0.0510. The van der Waals surface area contributed by atoms with Crippen molar-refractivity contribution in [1.82, 2.24) is 4.90 Å². The van der Waals surface area contributed by atoms with Crippen molar-refractivity contribution in [3.8, 4) is 6.07 Å². The minimum Gasteiger partial charge on any atom is -0.310 e. The van der Waals surface area contributed by atoms with Gasteiger partial charge in [-0.3, -0.25) is 9.69 Å². The van der Waals surface area contributed by atoms with E-state index >= 15 is 0 Å². The SMILES string of the molecule is CCCCN(C)C(C)C(=O)N(CCC#N)c1ccccc1. The molecule has 0 spiro atoms. The van der Waals surface area contributed by atoms with E-state index in [4.69, 9.17) is 5.26 Å². The molecule has 0 bridgehead atoms. The van der Waals surface area contributed by atoms with E-state index in [0.717, 1.165) is 25.1 Å². The van der Waals surface area contributed by atoms with Crippen LogP contribution in [0.2, 0.25) is 0 Å². The Morgan fingerprint density at radius 1 is 1.29 bits per heavy atom. The second-order valence-corrected chi connectivity index (χ2v) is 5.24. The van der Waals surface area contributed by atoms with Gasteiger partial charge in [0.15, 0.2) is 0 Å². The average molecular weight is 287 g/mol. The maximum Gasteiger partial charge on any atom is 0.244 e. The van der Waals surface area contributed by atoms with Crippen molar-refractivity contribution in [1.29, 1.82) is 5.26 Å². The highest BCUT2D eigenvalue weighted by molar-refractivity contribution is 5.96. The van der Waals surface area contributed by atoms with E-state index in [1.54, 1.807) is 4.90 Å². The number of anilines is 1. The first-order chi connectivity index (χ1) is 10.1. The maximum atomic E-state index is 12.7. The summed E-state index contributed by atoms with van der Waals surface area (Å²) in [6.07, 6.45) is 2.53. The van der Waals surface area contributed by atoms with Crippen molar-refractivity contribution in [2.75, 3.05) is 25.0 Å². The van der Waals surface area contributed by atoms with Gasteiger partial charge in [0.1, 0.15) is 0 Å². The van der Waals surface area contributed by atoms with E-state index < -0.39 is 0 Å². The van der Waals surface area contributed by atoms with E-state index in [2.05, 4.69) is 17.9 Å². The Balaban J connectivity index is 2.83. The van der Waals surface area contributed by atoms with Crippen LogP contribution in [0.25, 0.3) is 0 Å². The van der Waals surface area contributed by atoms with Crippen LogP contribution in [0.5, 0.6) is 0 Å². The summed E-state index contributed by atoms with van der Waals surface area (Å²) in [4.78, 5) is 16.5. The Morgan fingerprint density at radius 2 is 1.95 bits per heavy atom. The zero-order valence-electron chi connectivity index (χ0n) is 13.2. The maximum absolute atomic E-state index is 12.7. The highest BCUT2D eigenvalue weighted by atomic mass is 16.2. The van der Waals surface area contributed by atoms with E-state index in [1.807, 2.05) is 44.3 Å². The van der Waals surface area contributed by atoms with Crippen molar-refractivity contribution >= 4 is 11.6 Å². The van der Waals surface area contributed by atoms with Crippen LogP contribution in [0.1, 0.15) is 33.1 Å². The molecule has 1 amide bonds. The molecule has 114 valence electrons. The van der Waals surface area contributed by atoms with Gasteiger partial charge < -0.3 is 4.90 Å². The molecular weight excluding hydrogens is 262 g/mol. The Labute approximate surface area is 128 Å². The van der Waals surface area contributed by atoms with Crippen LogP contribution in [0.15, 0.2) is 30.3 Å². The van der Waals surface area contributed by atoms with Gasteiger partial charge in [0.25, 0.3) is 0 Å². The fourth-order valence-electron chi connectivity index (χ4n) is 2.15. The number of benzene rings is 1. The lowest BCUT2D eigenvalue weighted by Crippen LogP contribution is -2.46. The smallest absolute Gasteiger partial charge is 0.244 e. The summed E-state index contributed by atoms with van der Waals surface area (Å²) in [7, 11) is 1.98. The molecule has 0 saturated carbocycles. The summed E-state index contributed by atoms with van der Waals surface area (Å²) in [6.45, 7) is 5.42. The molecule has 0 N–H and O–H groups in total. The highest BCUT2D eigenvalue weighted by Crippen LogP contribution is 2.16. The second kappa shape index (κ2) is 9.15. The summed E-state index contributed by atoms with van der Waals surface area (Å²) in [5.41, 5.74) is 0.855. The number of para-hydroxylation sites is 1. The average Bonchev–Trinajstić information content (AvgIpc) is 2.53. The number of carbonyl (C=O) groups is 1. The molecule has 1 aromatic rings. The molecule has 1 unspecified atom stereocenters. The Kier molecular flexibility index (Phi) is 7.49. The van der Waals surface area contributed by atoms with E-state index in [1.165, 1.54) is 0 Å². The number of carbonyl (C=O) groups excluding carboxylic acids is 1. The Morgan fingerprint density at radius 3 is 2.52 bits per heavy atom. The predicted molar refractivity (Wildman–Crippen MR) is 86.0 cm³/mol. The normalized spacial score (nSPS) is 12.0. The zero-order valence-corrected chi connectivity index (χ0v) is 13.2. The lowest BCUT2D eigenvalue weighted by molar-refractivity contribution is -0.122. The number of amides is 1. The Bertz CT molecular complexity index is 467. The van der Waals surface area contributed by atoms with E-state index in [0.29, 0.717) is 13.0 Å². The highest BCUT2D eigenvalue weighted by Gasteiger charge is 2.24. The molecule has 0 aliphatic rings. The molecule has 4 nitrogen and oxygen atoms in total. The molecule has 1 rings (SSSR count). The van der Waals surface area contributed by atoms with Gasteiger partial charge in [-0.25, -0.2) is 0 Å². The summed E-state index contributed by atoms with van der Waals surface area (Å²) < 4.78 is 0. The van der Waals surface area contributed by atoms with Gasteiger partial charge in [-0.15, -0.1) is 0 Å². The molecule has 0 aliphatic heterocycles. The molecule has 21 heavy (non-hydrogen) atoms. The van der Waals surface area contributed by atoms with Crippen LogP contribution in [0, 0.1) is 11.3 Å². The first-order valence-corrected chi connectivity index (χ1v) is 7.55. The summed E-state index contributed by atoms with van der Waals surface area (Å²) in [5, 5.41) is 8.81. The van der Waals surface area contributed by atoms with Crippen LogP contribution >= 0.6 is 0 Å². The Hall–Kier alpha value is -1.86. The molecule has 0 radical (unpaired) electrons. The molecule has 0 aliphatic carbocycles. The lowest BCUT2D eigenvalue weighted by atomic mass is 10.2. The zero-order chi connectivity index (χ0) is 15.7. The lowest BCUT2D eigenvalue weighted by Gasteiger charge is -2.30. The minimum absolute atomic E-state index is 0.0510. The van der Waals surface area contributed by atoms with E-state index in [-0.39, 0.29) is 11.9 Å².